The number of oxazole rings is 1. The van der Waals surface area contributed by atoms with E-state index in [4.69, 9.17) is 27.6 Å². The van der Waals surface area contributed by atoms with Gasteiger partial charge in [-0.05, 0) is 49.7 Å². The smallest absolute Gasteiger partial charge is 0.241 e. The van der Waals surface area contributed by atoms with Crippen LogP contribution in [0.5, 0.6) is 0 Å². The molecule has 1 saturated heterocycles. The van der Waals surface area contributed by atoms with Crippen LogP contribution >= 0.6 is 23.2 Å². The molecule has 3 aromatic rings. The number of amides is 1. The maximum atomic E-state index is 12.7. The van der Waals surface area contributed by atoms with Crippen molar-refractivity contribution in [2.45, 2.75) is 25.4 Å². The average Bonchev–Trinajstić information content (AvgIpc) is 3.23. The predicted molar refractivity (Wildman–Crippen MR) is 103 cm³/mol. The Morgan fingerprint density at radius 3 is 2.92 bits per heavy atom. The first-order valence-electron chi connectivity index (χ1n) is 8.44. The SMILES string of the molecule is O=C(Nc1ccc(Cl)cc1Cl)C1CCCN1Cc1nc2ccccc2o1. The van der Waals surface area contributed by atoms with Gasteiger partial charge < -0.3 is 9.73 Å². The minimum Gasteiger partial charge on any atom is -0.439 e. The van der Waals surface area contributed by atoms with Crippen molar-refractivity contribution >= 4 is 45.9 Å². The second-order valence-electron chi connectivity index (χ2n) is 6.32. The first-order valence-corrected chi connectivity index (χ1v) is 9.20. The summed E-state index contributed by atoms with van der Waals surface area (Å²) in [6.45, 7) is 1.33. The largest absolute Gasteiger partial charge is 0.439 e. The molecule has 1 aliphatic heterocycles. The van der Waals surface area contributed by atoms with E-state index < -0.39 is 0 Å². The molecular formula is C19H17Cl2N3O2. The molecule has 1 unspecified atom stereocenters. The molecule has 1 amide bonds. The summed E-state index contributed by atoms with van der Waals surface area (Å²) < 4.78 is 5.79. The van der Waals surface area contributed by atoms with Crippen molar-refractivity contribution in [3.63, 3.8) is 0 Å². The fraction of sp³-hybridized carbons (Fsp3) is 0.263. The van der Waals surface area contributed by atoms with Gasteiger partial charge in [-0.15, -0.1) is 0 Å². The first kappa shape index (κ1) is 17.3. The van der Waals surface area contributed by atoms with Gasteiger partial charge in [-0.3, -0.25) is 9.69 Å². The van der Waals surface area contributed by atoms with Crippen LogP contribution in [0.25, 0.3) is 11.1 Å². The Labute approximate surface area is 160 Å². The third-order valence-corrected chi connectivity index (χ3v) is 5.08. The third-order valence-electron chi connectivity index (χ3n) is 4.53. The van der Waals surface area contributed by atoms with Crippen LogP contribution in [0.2, 0.25) is 10.0 Å². The molecular weight excluding hydrogens is 373 g/mol. The highest BCUT2D eigenvalue weighted by atomic mass is 35.5. The normalized spacial score (nSPS) is 17.7. The number of fused-ring (bicyclic) bond motifs is 1. The Morgan fingerprint density at radius 2 is 2.12 bits per heavy atom. The third kappa shape index (κ3) is 3.56. The maximum absolute atomic E-state index is 12.7. The van der Waals surface area contributed by atoms with E-state index in [1.807, 2.05) is 24.3 Å². The van der Waals surface area contributed by atoms with E-state index in [1.165, 1.54) is 0 Å². The summed E-state index contributed by atoms with van der Waals surface area (Å²) in [6.07, 6.45) is 1.74. The number of halogens is 2. The number of hydrogen-bond acceptors (Lipinski definition) is 4. The fourth-order valence-electron chi connectivity index (χ4n) is 3.28. The molecule has 0 saturated carbocycles. The number of rotatable bonds is 4. The van der Waals surface area contributed by atoms with Gasteiger partial charge in [-0.1, -0.05) is 35.3 Å². The lowest BCUT2D eigenvalue weighted by molar-refractivity contribution is -0.120. The number of hydrogen-bond donors (Lipinski definition) is 1. The molecule has 0 bridgehead atoms. The van der Waals surface area contributed by atoms with Gasteiger partial charge in [0.05, 0.1) is 23.3 Å². The molecule has 1 N–H and O–H groups in total. The van der Waals surface area contributed by atoms with Crippen LogP contribution in [0.4, 0.5) is 5.69 Å². The second-order valence-corrected chi connectivity index (χ2v) is 7.16. The Balaban J connectivity index is 1.47. The summed E-state index contributed by atoms with van der Waals surface area (Å²) in [7, 11) is 0. The molecule has 0 spiro atoms. The van der Waals surface area contributed by atoms with Gasteiger partial charge in [0.15, 0.2) is 5.58 Å². The molecule has 0 aliphatic carbocycles. The highest BCUT2D eigenvalue weighted by Gasteiger charge is 2.32. The molecule has 1 aromatic heterocycles. The number of para-hydroxylation sites is 2. The van der Waals surface area contributed by atoms with Crippen LogP contribution in [0, 0.1) is 0 Å². The van der Waals surface area contributed by atoms with Crippen molar-refractivity contribution in [1.82, 2.24) is 9.88 Å². The van der Waals surface area contributed by atoms with E-state index in [1.54, 1.807) is 18.2 Å². The minimum absolute atomic E-state index is 0.0807. The number of carbonyl (C=O) groups is 1. The molecule has 2 heterocycles. The lowest BCUT2D eigenvalue weighted by atomic mass is 10.2. The van der Waals surface area contributed by atoms with Crippen LogP contribution in [0.15, 0.2) is 46.9 Å². The number of benzene rings is 2. The number of carbonyl (C=O) groups excluding carboxylic acids is 1. The molecule has 1 aliphatic rings. The fourth-order valence-corrected chi connectivity index (χ4v) is 3.74. The summed E-state index contributed by atoms with van der Waals surface area (Å²) >= 11 is 12.1. The zero-order chi connectivity index (χ0) is 18.1. The van der Waals surface area contributed by atoms with Crippen molar-refractivity contribution in [3.8, 4) is 0 Å². The summed E-state index contributed by atoms with van der Waals surface area (Å²) in [4.78, 5) is 19.3. The van der Waals surface area contributed by atoms with Crippen LogP contribution in [0.3, 0.4) is 0 Å². The summed E-state index contributed by atoms with van der Waals surface area (Å²) in [5, 5.41) is 3.86. The van der Waals surface area contributed by atoms with Crippen LogP contribution < -0.4 is 5.32 Å². The Bertz CT molecular complexity index is 924. The van der Waals surface area contributed by atoms with E-state index in [-0.39, 0.29) is 11.9 Å². The van der Waals surface area contributed by atoms with E-state index >= 15 is 0 Å². The number of nitrogens with one attached hydrogen (secondary N) is 1. The molecule has 7 heteroatoms. The van der Waals surface area contributed by atoms with Gasteiger partial charge >= 0.3 is 0 Å². The van der Waals surface area contributed by atoms with Crippen LogP contribution in [0.1, 0.15) is 18.7 Å². The lowest BCUT2D eigenvalue weighted by Gasteiger charge is -2.22. The van der Waals surface area contributed by atoms with Crippen molar-refractivity contribution in [2.75, 3.05) is 11.9 Å². The summed E-state index contributed by atoms with van der Waals surface area (Å²) in [5.41, 5.74) is 2.15. The van der Waals surface area contributed by atoms with Gasteiger partial charge in [0.1, 0.15) is 5.52 Å². The van der Waals surface area contributed by atoms with Gasteiger partial charge in [-0.25, -0.2) is 4.98 Å². The van der Waals surface area contributed by atoms with Crippen molar-refractivity contribution < 1.29 is 9.21 Å². The molecule has 134 valence electrons. The van der Waals surface area contributed by atoms with E-state index in [0.29, 0.717) is 28.2 Å². The maximum Gasteiger partial charge on any atom is 0.241 e. The highest BCUT2D eigenvalue weighted by Crippen LogP contribution is 2.27. The molecule has 5 nitrogen and oxygen atoms in total. The van der Waals surface area contributed by atoms with Crippen LogP contribution in [-0.4, -0.2) is 28.4 Å². The average molecular weight is 390 g/mol. The van der Waals surface area contributed by atoms with E-state index in [0.717, 1.165) is 30.5 Å². The summed E-state index contributed by atoms with van der Waals surface area (Å²) in [6, 6.07) is 12.4. The molecule has 4 rings (SSSR count). The van der Waals surface area contributed by atoms with Gasteiger partial charge in [-0.2, -0.15) is 0 Å². The molecule has 26 heavy (non-hydrogen) atoms. The van der Waals surface area contributed by atoms with Crippen molar-refractivity contribution in [1.29, 1.82) is 0 Å². The predicted octanol–water partition coefficient (Wildman–Crippen LogP) is 4.74. The summed E-state index contributed by atoms with van der Waals surface area (Å²) in [5.74, 6) is 0.540. The molecule has 0 radical (unpaired) electrons. The number of aromatic nitrogens is 1. The molecule has 1 fully saturated rings. The first-order chi connectivity index (χ1) is 12.6. The number of anilines is 1. The molecule has 2 aromatic carbocycles. The van der Waals surface area contributed by atoms with Gasteiger partial charge in [0.25, 0.3) is 0 Å². The minimum atomic E-state index is -0.239. The quantitative estimate of drug-likeness (QED) is 0.699. The second kappa shape index (κ2) is 7.27. The molecule has 1 atom stereocenters. The Kier molecular flexibility index (Phi) is 4.85. The Morgan fingerprint density at radius 1 is 1.27 bits per heavy atom. The number of nitrogens with zero attached hydrogens (tertiary/aromatic N) is 2. The zero-order valence-electron chi connectivity index (χ0n) is 13.9. The highest BCUT2D eigenvalue weighted by molar-refractivity contribution is 6.36. The van der Waals surface area contributed by atoms with Gasteiger partial charge in [0.2, 0.25) is 11.8 Å². The standard InChI is InChI=1S/C19H17Cl2N3O2/c20-12-7-8-14(13(21)10-12)23-19(25)16-5-3-9-24(16)11-18-22-15-4-1-2-6-17(15)26-18/h1-2,4,6-8,10,16H,3,5,9,11H2,(H,23,25). The zero-order valence-corrected chi connectivity index (χ0v) is 15.4. The van der Waals surface area contributed by atoms with Crippen LogP contribution in [-0.2, 0) is 11.3 Å². The monoisotopic (exact) mass is 389 g/mol. The lowest BCUT2D eigenvalue weighted by Crippen LogP contribution is -2.39. The Hall–Kier alpha value is -2.08. The van der Waals surface area contributed by atoms with Crippen molar-refractivity contribution in [3.05, 3.63) is 58.4 Å². The van der Waals surface area contributed by atoms with Gasteiger partial charge in [0, 0.05) is 5.02 Å². The van der Waals surface area contributed by atoms with E-state index in [2.05, 4.69) is 15.2 Å². The number of likely N-dealkylation sites (tertiary alicyclic amines) is 1. The topological polar surface area (TPSA) is 58.4 Å². The van der Waals surface area contributed by atoms with Crippen molar-refractivity contribution in [2.24, 2.45) is 0 Å². The van der Waals surface area contributed by atoms with E-state index in [9.17, 15) is 4.79 Å².